The van der Waals surface area contributed by atoms with Crippen molar-refractivity contribution in [2.45, 2.75) is 71.1 Å². The Morgan fingerprint density at radius 2 is 1.15 bits per heavy atom. The van der Waals surface area contributed by atoms with Crippen molar-refractivity contribution in [2.75, 3.05) is 13.2 Å². The van der Waals surface area contributed by atoms with Crippen molar-refractivity contribution in [3.63, 3.8) is 0 Å². The largest absolute Gasteiger partial charge is 0.481 e. The summed E-state index contributed by atoms with van der Waals surface area (Å²) in [7, 11) is 0. The molecule has 0 aliphatic heterocycles. The fourth-order valence-electron chi connectivity index (χ4n) is 1.64. The number of aliphatic carboxylic acids is 1. The minimum Gasteiger partial charge on any atom is -0.481 e. The summed E-state index contributed by atoms with van der Waals surface area (Å²) in [5.74, 6) is -1.21. The van der Waals surface area contributed by atoms with Gasteiger partial charge >= 0.3 is 5.97 Å². The normalized spacial score (nSPS) is 9.75. The van der Waals surface area contributed by atoms with Gasteiger partial charge in [0.25, 0.3) is 0 Å². The first-order valence-electron chi connectivity index (χ1n) is 7.53. The number of aliphatic hydroxyl groups excluding tert-OH is 2. The van der Waals surface area contributed by atoms with Gasteiger partial charge in [-0.1, -0.05) is 58.3 Å². The van der Waals surface area contributed by atoms with Crippen LogP contribution in [0.1, 0.15) is 71.1 Å². The minimum atomic E-state index is -0.659. The zero-order valence-corrected chi connectivity index (χ0v) is 12.6. The standard InChI is InChI=1S/C12H24O2.C3H6O3/c1-2-3-4-5-6-7-8-9-10-11-12(13)14;4-1-3(6)2-5/h2-11H2,1H3,(H,13,14);4-5H,1-2H2. The van der Waals surface area contributed by atoms with Crippen molar-refractivity contribution in [1.29, 1.82) is 0 Å². The average Bonchev–Trinajstić information content (AvgIpc) is 2.45. The molecule has 0 rings (SSSR count). The molecular weight excluding hydrogens is 260 g/mol. The van der Waals surface area contributed by atoms with Crippen LogP contribution in [-0.2, 0) is 9.59 Å². The van der Waals surface area contributed by atoms with Gasteiger partial charge in [-0.25, -0.2) is 0 Å². The number of ketones is 1. The van der Waals surface area contributed by atoms with E-state index >= 15 is 0 Å². The van der Waals surface area contributed by atoms with E-state index in [1.807, 2.05) is 0 Å². The smallest absolute Gasteiger partial charge is 0.303 e. The zero-order chi connectivity index (χ0) is 15.6. The van der Waals surface area contributed by atoms with Crippen molar-refractivity contribution in [3.05, 3.63) is 0 Å². The third-order valence-corrected chi connectivity index (χ3v) is 2.85. The quantitative estimate of drug-likeness (QED) is 0.480. The van der Waals surface area contributed by atoms with E-state index in [9.17, 15) is 9.59 Å². The molecule has 0 aliphatic carbocycles. The van der Waals surface area contributed by atoms with Crippen LogP contribution < -0.4 is 0 Å². The van der Waals surface area contributed by atoms with Crippen LogP contribution >= 0.6 is 0 Å². The van der Waals surface area contributed by atoms with Gasteiger partial charge in [0.15, 0.2) is 5.78 Å². The van der Waals surface area contributed by atoms with Crippen LogP contribution in [0.3, 0.4) is 0 Å². The van der Waals surface area contributed by atoms with Gasteiger partial charge in [0.1, 0.15) is 13.2 Å². The van der Waals surface area contributed by atoms with Crippen LogP contribution in [0.15, 0.2) is 0 Å². The first-order chi connectivity index (χ1) is 9.58. The predicted molar refractivity (Wildman–Crippen MR) is 78.7 cm³/mol. The van der Waals surface area contributed by atoms with E-state index < -0.39 is 25.0 Å². The van der Waals surface area contributed by atoms with Crippen LogP contribution in [0, 0.1) is 0 Å². The number of aliphatic hydroxyl groups is 2. The van der Waals surface area contributed by atoms with Gasteiger partial charge in [0, 0.05) is 6.42 Å². The van der Waals surface area contributed by atoms with Crippen LogP contribution in [0.25, 0.3) is 0 Å². The Balaban J connectivity index is 0. The van der Waals surface area contributed by atoms with Crippen LogP contribution in [0.4, 0.5) is 0 Å². The Kier molecular flexibility index (Phi) is 19.3. The molecule has 3 N–H and O–H groups in total. The summed E-state index contributed by atoms with van der Waals surface area (Å²) in [6.07, 6.45) is 11.5. The summed E-state index contributed by atoms with van der Waals surface area (Å²) in [6, 6.07) is 0. The number of carbonyl (C=O) groups excluding carboxylic acids is 1. The first-order valence-corrected chi connectivity index (χ1v) is 7.53. The molecule has 120 valence electrons. The van der Waals surface area contributed by atoms with Gasteiger partial charge in [-0.2, -0.15) is 0 Å². The number of Topliss-reactive ketones (excluding diaryl/α,β-unsaturated/α-hetero) is 1. The molecule has 0 aromatic rings. The Morgan fingerprint density at radius 3 is 1.45 bits per heavy atom. The van der Waals surface area contributed by atoms with E-state index in [4.69, 9.17) is 15.3 Å². The topological polar surface area (TPSA) is 94.8 Å². The van der Waals surface area contributed by atoms with E-state index in [2.05, 4.69) is 6.92 Å². The number of rotatable bonds is 12. The van der Waals surface area contributed by atoms with Crippen molar-refractivity contribution in [3.8, 4) is 0 Å². The number of hydrogen-bond donors (Lipinski definition) is 3. The average molecular weight is 290 g/mol. The van der Waals surface area contributed by atoms with Crippen molar-refractivity contribution in [2.24, 2.45) is 0 Å². The number of carboxylic acids is 1. The SMILES string of the molecule is CCCCCCCCCCCC(=O)O.O=C(CO)CO. The lowest BCUT2D eigenvalue weighted by atomic mass is 10.1. The summed E-state index contributed by atoms with van der Waals surface area (Å²) < 4.78 is 0. The third kappa shape index (κ3) is 22.3. The highest BCUT2D eigenvalue weighted by Gasteiger charge is 1.96. The Hall–Kier alpha value is -0.940. The van der Waals surface area contributed by atoms with Gasteiger partial charge < -0.3 is 15.3 Å². The first kappa shape index (κ1) is 21.4. The molecule has 0 fully saturated rings. The number of unbranched alkanes of at least 4 members (excludes halogenated alkanes) is 8. The van der Waals surface area contributed by atoms with E-state index in [0.29, 0.717) is 6.42 Å². The van der Waals surface area contributed by atoms with Gasteiger partial charge in [-0.3, -0.25) is 9.59 Å². The van der Waals surface area contributed by atoms with Gasteiger partial charge in [0.05, 0.1) is 0 Å². The lowest BCUT2D eigenvalue weighted by Gasteiger charge is -2.00. The summed E-state index contributed by atoms with van der Waals surface area (Å²) in [6.45, 7) is 1.11. The molecule has 0 aromatic carbocycles. The van der Waals surface area contributed by atoms with E-state index in [0.717, 1.165) is 12.8 Å². The number of carboxylic acid groups (broad SMARTS) is 1. The second kappa shape index (κ2) is 18.1. The van der Waals surface area contributed by atoms with Gasteiger partial charge in [-0.05, 0) is 6.42 Å². The van der Waals surface area contributed by atoms with Gasteiger partial charge in [-0.15, -0.1) is 0 Å². The van der Waals surface area contributed by atoms with Crippen molar-refractivity contribution < 1.29 is 24.9 Å². The van der Waals surface area contributed by atoms with Crippen LogP contribution in [-0.4, -0.2) is 40.3 Å². The maximum absolute atomic E-state index is 10.2. The molecule has 0 aliphatic rings. The predicted octanol–water partition coefficient (Wildman–Crippen LogP) is 2.53. The van der Waals surface area contributed by atoms with Crippen LogP contribution in [0.2, 0.25) is 0 Å². The molecule has 0 unspecified atom stereocenters. The molecule has 0 amide bonds. The summed E-state index contributed by atoms with van der Waals surface area (Å²) in [4.78, 5) is 19.9. The van der Waals surface area contributed by atoms with Crippen molar-refractivity contribution >= 4 is 11.8 Å². The molecule has 5 nitrogen and oxygen atoms in total. The Labute approximate surface area is 122 Å². The summed E-state index contributed by atoms with van der Waals surface area (Å²) in [5, 5.41) is 24.1. The van der Waals surface area contributed by atoms with E-state index in [-0.39, 0.29) is 0 Å². The molecule has 0 aromatic heterocycles. The second-order valence-electron chi connectivity index (χ2n) is 4.83. The highest BCUT2D eigenvalue weighted by molar-refractivity contribution is 5.80. The molecule has 0 bridgehead atoms. The fourth-order valence-corrected chi connectivity index (χ4v) is 1.64. The number of carbonyl (C=O) groups is 2. The van der Waals surface area contributed by atoms with E-state index in [1.54, 1.807) is 0 Å². The minimum absolute atomic E-state index is 0.343. The van der Waals surface area contributed by atoms with Gasteiger partial charge in [0.2, 0.25) is 0 Å². The molecular formula is C15H30O5. The highest BCUT2D eigenvalue weighted by Crippen LogP contribution is 2.10. The molecule has 0 radical (unpaired) electrons. The maximum Gasteiger partial charge on any atom is 0.303 e. The highest BCUT2D eigenvalue weighted by atomic mass is 16.4. The second-order valence-corrected chi connectivity index (χ2v) is 4.83. The monoisotopic (exact) mass is 290 g/mol. The third-order valence-electron chi connectivity index (χ3n) is 2.85. The zero-order valence-electron chi connectivity index (χ0n) is 12.6. The number of hydrogen-bond acceptors (Lipinski definition) is 4. The fraction of sp³-hybridized carbons (Fsp3) is 0.867. The molecule has 0 saturated heterocycles. The Bertz CT molecular complexity index is 222. The summed E-state index contributed by atoms with van der Waals surface area (Å²) in [5.41, 5.74) is 0. The molecule has 0 spiro atoms. The van der Waals surface area contributed by atoms with Crippen LogP contribution in [0.5, 0.6) is 0 Å². The van der Waals surface area contributed by atoms with Crippen molar-refractivity contribution in [1.82, 2.24) is 0 Å². The lowest BCUT2D eigenvalue weighted by molar-refractivity contribution is -0.137. The lowest BCUT2D eigenvalue weighted by Crippen LogP contribution is -2.07. The van der Waals surface area contributed by atoms with E-state index in [1.165, 1.54) is 44.9 Å². The molecule has 5 heteroatoms. The molecule has 0 saturated carbocycles. The Morgan fingerprint density at radius 1 is 0.750 bits per heavy atom. The maximum atomic E-state index is 10.2. The molecule has 0 heterocycles. The molecule has 20 heavy (non-hydrogen) atoms. The summed E-state index contributed by atoms with van der Waals surface area (Å²) >= 11 is 0. The molecule has 0 atom stereocenters.